The van der Waals surface area contributed by atoms with Crippen LogP contribution in [0.25, 0.3) is 5.76 Å². The average Bonchev–Trinajstić information content (AvgIpc) is 3.15. The number of carbonyl (C=O) groups is 2. The number of carbonyl (C=O) groups excluding carboxylic acids is 2. The molecule has 1 atom stereocenters. The van der Waals surface area contributed by atoms with Gasteiger partial charge in [-0.15, -0.1) is 0 Å². The van der Waals surface area contributed by atoms with E-state index in [2.05, 4.69) is 6.92 Å². The van der Waals surface area contributed by atoms with Gasteiger partial charge in [0.25, 0.3) is 11.7 Å². The third kappa shape index (κ3) is 6.63. The van der Waals surface area contributed by atoms with Gasteiger partial charge in [0, 0.05) is 18.7 Å². The van der Waals surface area contributed by atoms with Gasteiger partial charge < -0.3 is 29.1 Å². The van der Waals surface area contributed by atoms with Crippen LogP contribution in [0.3, 0.4) is 0 Å². The van der Waals surface area contributed by atoms with Gasteiger partial charge in [-0.25, -0.2) is 0 Å². The molecule has 8 heteroatoms. The molecule has 0 spiro atoms. The zero-order valence-electron chi connectivity index (χ0n) is 22.5. The number of nitrogens with zero attached hydrogens (tertiary/aromatic N) is 2. The Hall–Kier alpha value is -3.52. The maximum Gasteiger partial charge on any atom is 0.295 e. The molecule has 1 N–H and O–H groups in total. The Morgan fingerprint density at radius 1 is 1.00 bits per heavy atom. The van der Waals surface area contributed by atoms with Crippen molar-refractivity contribution in [2.75, 3.05) is 47.5 Å². The largest absolute Gasteiger partial charge is 0.507 e. The minimum Gasteiger partial charge on any atom is -0.507 e. The molecule has 0 bridgehead atoms. The first-order valence-corrected chi connectivity index (χ1v) is 12.8. The summed E-state index contributed by atoms with van der Waals surface area (Å²) in [6.07, 6.45) is 2.76. The molecule has 0 radical (unpaired) electrons. The van der Waals surface area contributed by atoms with Gasteiger partial charge >= 0.3 is 0 Å². The highest BCUT2D eigenvalue weighted by molar-refractivity contribution is 6.46. The van der Waals surface area contributed by atoms with Gasteiger partial charge in [0.15, 0.2) is 11.5 Å². The van der Waals surface area contributed by atoms with Gasteiger partial charge in [-0.3, -0.25) is 9.59 Å². The highest BCUT2D eigenvalue weighted by atomic mass is 16.5. The second-order valence-electron chi connectivity index (χ2n) is 9.28. The molecule has 8 nitrogen and oxygen atoms in total. The summed E-state index contributed by atoms with van der Waals surface area (Å²) < 4.78 is 17.2. The third-order valence-corrected chi connectivity index (χ3v) is 6.17. The quantitative estimate of drug-likeness (QED) is 0.182. The molecular weight excluding hydrogens is 472 g/mol. The Morgan fingerprint density at radius 3 is 2.46 bits per heavy atom. The monoisotopic (exact) mass is 510 g/mol. The first-order chi connectivity index (χ1) is 17.8. The zero-order chi connectivity index (χ0) is 26.9. The standard InChI is InChI=1S/C29H38N2O6/c1-6-8-17-37-23-13-12-20(19-24(23)35-5)26-25(28(33)29(34)31(26)15-14-30(3)4)27(32)21-10-9-11-22(18-21)36-16-7-2/h9-13,18-19,26,32H,6-8,14-17H2,1-5H3/b27-25+. The lowest BCUT2D eigenvalue weighted by atomic mass is 9.95. The highest BCUT2D eigenvalue weighted by Gasteiger charge is 2.46. The molecule has 200 valence electrons. The van der Waals surface area contributed by atoms with Crippen molar-refractivity contribution in [1.82, 2.24) is 9.80 Å². The number of amides is 1. The molecule has 2 aromatic carbocycles. The molecule has 1 heterocycles. The lowest BCUT2D eigenvalue weighted by Gasteiger charge is -2.27. The maximum absolute atomic E-state index is 13.3. The number of aliphatic hydroxyl groups is 1. The lowest BCUT2D eigenvalue weighted by molar-refractivity contribution is -0.140. The number of hydrogen-bond donors (Lipinski definition) is 1. The fourth-order valence-electron chi connectivity index (χ4n) is 4.17. The fraction of sp³-hybridized carbons (Fsp3) is 0.448. The Morgan fingerprint density at radius 2 is 1.78 bits per heavy atom. The van der Waals surface area contributed by atoms with Gasteiger partial charge in [0.1, 0.15) is 11.5 Å². The van der Waals surface area contributed by atoms with Crippen LogP contribution in [-0.2, 0) is 9.59 Å². The number of hydrogen-bond acceptors (Lipinski definition) is 7. The summed E-state index contributed by atoms with van der Waals surface area (Å²) in [6, 6.07) is 11.5. The number of aliphatic hydroxyl groups excluding tert-OH is 1. The highest BCUT2D eigenvalue weighted by Crippen LogP contribution is 2.42. The molecule has 3 rings (SSSR count). The van der Waals surface area contributed by atoms with E-state index in [-0.39, 0.29) is 11.3 Å². The molecular formula is C29H38N2O6. The predicted molar refractivity (Wildman–Crippen MR) is 143 cm³/mol. The summed E-state index contributed by atoms with van der Waals surface area (Å²) in [6.45, 7) is 6.06. The Labute approximate surface area is 219 Å². The molecule has 0 aromatic heterocycles. The van der Waals surface area contributed by atoms with E-state index in [1.165, 1.54) is 4.90 Å². The first kappa shape index (κ1) is 28.1. The van der Waals surface area contributed by atoms with E-state index >= 15 is 0 Å². The van der Waals surface area contributed by atoms with Crippen molar-refractivity contribution in [2.45, 2.75) is 39.2 Å². The lowest BCUT2D eigenvalue weighted by Crippen LogP contribution is -2.35. The molecule has 1 aliphatic heterocycles. The average molecular weight is 511 g/mol. The van der Waals surface area contributed by atoms with E-state index in [1.807, 2.05) is 32.0 Å². The Balaban J connectivity index is 2.10. The van der Waals surface area contributed by atoms with Crippen LogP contribution < -0.4 is 14.2 Å². The van der Waals surface area contributed by atoms with Crippen molar-refractivity contribution in [1.29, 1.82) is 0 Å². The molecule has 1 aliphatic rings. The first-order valence-electron chi connectivity index (χ1n) is 12.8. The maximum atomic E-state index is 13.3. The van der Waals surface area contributed by atoms with Crippen molar-refractivity contribution >= 4 is 17.4 Å². The van der Waals surface area contributed by atoms with Gasteiger partial charge in [0.2, 0.25) is 0 Å². The Kier molecular flexibility index (Phi) is 9.97. The number of ketones is 1. The molecule has 1 saturated heterocycles. The number of likely N-dealkylation sites (N-methyl/N-ethyl adjacent to an activating group) is 1. The number of methoxy groups -OCH3 is 1. The van der Waals surface area contributed by atoms with E-state index in [1.54, 1.807) is 43.5 Å². The van der Waals surface area contributed by atoms with Crippen LogP contribution in [0.2, 0.25) is 0 Å². The van der Waals surface area contributed by atoms with Crippen molar-refractivity contribution in [2.24, 2.45) is 0 Å². The van der Waals surface area contributed by atoms with E-state index < -0.39 is 17.7 Å². The van der Waals surface area contributed by atoms with E-state index in [0.717, 1.165) is 19.3 Å². The van der Waals surface area contributed by atoms with Gasteiger partial charge in [-0.2, -0.15) is 0 Å². The second-order valence-corrected chi connectivity index (χ2v) is 9.28. The molecule has 0 saturated carbocycles. The number of ether oxygens (including phenoxy) is 3. The van der Waals surface area contributed by atoms with Crippen LogP contribution in [0, 0.1) is 0 Å². The van der Waals surface area contributed by atoms with E-state index in [4.69, 9.17) is 14.2 Å². The number of likely N-dealkylation sites (tertiary alicyclic amines) is 1. The van der Waals surface area contributed by atoms with Crippen molar-refractivity contribution in [3.63, 3.8) is 0 Å². The van der Waals surface area contributed by atoms with Crippen LogP contribution in [0.15, 0.2) is 48.0 Å². The molecule has 1 amide bonds. The van der Waals surface area contributed by atoms with Crippen molar-refractivity contribution < 1.29 is 28.9 Å². The molecule has 1 unspecified atom stereocenters. The van der Waals surface area contributed by atoms with Crippen LogP contribution in [-0.4, -0.2) is 74.1 Å². The Bertz CT molecular complexity index is 1130. The van der Waals surface area contributed by atoms with Crippen LogP contribution in [0.5, 0.6) is 17.2 Å². The fourth-order valence-corrected chi connectivity index (χ4v) is 4.17. The number of unbranched alkanes of at least 4 members (excludes halogenated alkanes) is 1. The second kappa shape index (κ2) is 13.1. The topological polar surface area (TPSA) is 88.5 Å². The summed E-state index contributed by atoms with van der Waals surface area (Å²) in [5, 5.41) is 11.4. The summed E-state index contributed by atoms with van der Waals surface area (Å²) in [7, 11) is 5.36. The minimum absolute atomic E-state index is 0.0399. The number of Topliss-reactive ketones (excluding diaryl/α,β-unsaturated/α-hetero) is 1. The summed E-state index contributed by atoms with van der Waals surface area (Å²) in [5.41, 5.74) is 1.10. The van der Waals surface area contributed by atoms with Crippen molar-refractivity contribution in [3.05, 3.63) is 59.2 Å². The molecule has 37 heavy (non-hydrogen) atoms. The SMILES string of the molecule is CCCCOc1ccc(C2/C(=C(\O)c3cccc(OCCC)c3)C(=O)C(=O)N2CCN(C)C)cc1OC. The van der Waals surface area contributed by atoms with Crippen molar-refractivity contribution in [3.8, 4) is 17.2 Å². The van der Waals surface area contributed by atoms with Crippen LogP contribution in [0.1, 0.15) is 50.3 Å². The van der Waals surface area contributed by atoms with Crippen LogP contribution >= 0.6 is 0 Å². The van der Waals surface area contributed by atoms with E-state index in [0.29, 0.717) is 54.7 Å². The molecule has 2 aromatic rings. The predicted octanol–water partition coefficient (Wildman–Crippen LogP) is 4.65. The molecule has 0 aliphatic carbocycles. The van der Waals surface area contributed by atoms with Gasteiger partial charge in [-0.05, 0) is 56.8 Å². The summed E-state index contributed by atoms with van der Waals surface area (Å²) in [5.74, 6) is 0.0734. The zero-order valence-corrected chi connectivity index (χ0v) is 22.5. The van der Waals surface area contributed by atoms with E-state index in [9.17, 15) is 14.7 Å². The summed E-state index contributed by atoms with van der Waals surface area (Å²) >= 11 is 0. The minimum atomic E-state index is -0.779. The number of rotatable bonds is 13. The third-order valence-electron chi connectivity index (χ3n) is 6.17. The van der Waals surface area contributed by atoms with Gasteiger partial charge in [0.05, 0.1) is 31.9 Å². The summed E-state index contributed by atoms with van der Waals surface area (Å²) in [4.78, 5) is 29.9. The van der Waals surface area contributed by atoms with Crippen LogP contribution in [0.4, 0.5) is 0 Å². The normalized spacial score (nSPS) is 16.9. The number of benzene rings is 2. The van der Waals surface area contributed by atoms with Gasteiger partial charge in [-0.1, -0.05) is 38.5 Å². The molecule has 1 fully saturated rings. The smallest absolute Gasteiger partial charge is 0.295 e.